The Morgan fingerprint density at radius 2 is 1.80 bits per heavy atom. The summed E-state index contributed by atoms with van der Waals surface area (Å²) in [6.45, 7) is 0. The summed E-state index contributed by atoms with van der Waals surface area (Å²) in [7, 11) is 1.96. The van der Waals surface area contributed by atoms with Crippen LogP contribution in [0.15, 0.2) is 65.3 Å². The zero-order chi connectivity index (χ0) is 24.4. The third-order valence-corrected chi connectivity index (χ3v) is 6.71. The summed E-state index contributed by atoms with van der Waals surface area (Å²) in [6.07, 6.45) is 4.25. The van der Waals surface area contributed by atoms with Crippen molar-refractivity contribution in [3.63, 3.8) is 0 Å². The third-order valence-electron chi connectivity index (χ3n) is 6.18. The number of imidazole rings is 1. The van der Waals surface area contributed by atoms with E-state index in [1.54, 1.807) is 18.3 Å². The molecule has 2 aromatic heterocycles. The van der Waals surface area contributed by atoms with Crippen LogP contribution in [-0.2, 0) is 7.05 Å². The van der Waals surface area contributed by atoms with Crippen molar-refractivity contribution in [2.75, 3.05) is 5.32 Å². The number of nitrogens with one attached hydrogen (secondary N) is 2. The highest BCUT2D eigenvalue weighted by Gasteiger charge is 2.22. The molecule has 35 heavy (non-hydrogen) atoms. The first kappa shape index (κ1) is 23.3. The van der Waals surface area contributed by atoms with E-state index in [1.165, 1.54) is 0 Å². The molecule has 4 aromatic rings. The molecule has 180 valence electrons. The Bertz CT molecular complexity index is 1350. The zero-order valence-electron chi connectivity index (χ0n) is 19.2. The van der Waals surface area contributed by atoms with Crippen molar-refractivity contribution < 1.29 is 14.6 Å². The van der Waals surface area contributed by atoms with Crippen LogP contribution in [0.2, 0.25) is 0 Å². The number of carbonyl (C=O) groups excluding carboxylic acids is 1. The van der Waals surface area contributed by atoms with Gasteiger partial charge in [0, 0.05) is 41.6 Å². The standard InChI is InChI=1S/C26H26BrN5O3/c1-32-24-11-10-20(14-22(24)31-26(32)30-18-4-2-16(27)3-5-18)35-21-12-13-28-23(15-21)25(34)29-17-6-8-19(33)9-7-17/h2-5,10-15,17,19,33H,6-9H2,1H3,(H,29,34)(H,30,31). The summed E-state index contributed by atoms with van der Waals surface area (Å²) in [6, 6.07) is 17.0. The maximum Gasteiger partial charge on any atom is 0.270 e. The van der Waals surface area contributed by atoms with Gasteiger partial charge < -0.3 is 25.0 Å². The lowest BCUT2D eigenvalue weighted by Crippen LogP contribution is -2.38. The van der Waals surface area contributed by atoms with E-state index in [-0.39, 0.29) is 18.1 Å². The first-order valence-corrected chi connectivity index (χ1v) is 12.4. The fraction of sp³-hybridized carbons (Fsp3) is 0.269. The first-order valence-electron chi connectivity index (χ1n) is 11.6. The van der Waals surface area contributed by atoms with Crippen LogP contribution in [0.4, 0.5) is 11.6 Å². The van der Waals surface area contributed by atoms with E-state index in [9.17, 15) is 9.90 Å². The predicted molar refractivity (Wildman–Crippen MR) is 138 cm³/mol. The Morgan fingerprint density at radius 3 is 2.57 bits per heavy atom. The number of ether oxygens (including phenoxy) is 1. The van der Waals surface area contributed by atoms with E-state index >= 15 is 0 Å². The summed E-state index contributed by atoms with van der Waals surface area (Å²) < 4.78 is 9.03. The quantitative estimate of drug-likeness (QED) is 0.309. The maximum absolute atomic E-state index is 12.7. The summed E-state index contributed by atoms with van der Waals surface area (Å²) in [5.41, 5.74) is 2.99. The maximum atomic E-state index is 12.7. The molecule has 5 rings (SSSR count). The number of fused-ring (bicyclic) bond motifs is 1. The Hall–Kier alpha value is -3.43. The molecular formula is C26H26BrN5O3. The molecule has 1 amide bonds. The van der Waals surface area contributed by atoms with Crippen LogP contribution in [0.3, 0.4) is 0 Å². The number of aliphatic hydroxyl groups is 1. The van der Waals surface area contributed by atoms with E-state index in [1.807, 2.05) is 54.1 Å². The molecule has 2 heterocycles. The SMILES string of the molecule is Cn1c(Nc2ccc(Br)cc2)nc2cc(Oc3ccnc(C(=O)NC4CCC(O)CC4)c3)ccc21. The molecule has 1 aliphatic rings. The fourth-order valence-electron chi connectivity index (χ4n) is 4.23. The van der Waals surface area contributed by atoms with Gasteiger partial charge in [-0.3, -0.25) is 9.78 Å². The fourth-order valence-corrected chi connectivity index (χ4v) is 4.50. The molecular weight excluding hydrogens is 510 g/mol. The largest absolute Gasteiger partial charge is 0.457 e. The molecule has 0 aliphatic heterocycles. The molecule has 0 atom stereocenters. The second kappa shape index (κ2) is 10.1. The van der Waals surface area contributed by atoms with Crippen LogP contribution in [0.5, 0.6) is 11.5 Å². The number of hydrogen-bond acceptors (Lipinski definition) is 6. The van der Waals surface area contributed by atoms with E-state index in [0.29, 0.717) is 30.0 Å². The lowest BCUT2D eigenvalue weighted by Gasteiger charge is -2.26. The highest BCUT2D eigenvalue weighted by atomic mass is 79.9. The molecule has 3 N–H and O–H groups in total. The van der Waals surface area contributed by atoms with Gasteiger partial charge >= 0.3 is 0 Å². The van der Waals surface area contributed by atoms with E-state index in [0.717, 1.165) is 40.0 Å². The highest BCUT2D eigenvalue weighted by molar-refractivity contribution is 9.10. The number of carbonyl (C=O) groups is 1. The van der Waals surface area contributed by atoms with Gasteiger partial charge in [-0.05, 0) is 68.1 Å². The minimum absolute atomic E-state index is 0.0593. The molecule has 2 aromatic carbocycles. The first-order chi connectivity index (χ1) is 16.9. The molecule has 0 bridgehead atoms. The minimum atomic E-state index is -0.262. The van der Waals surface area contributed by atoms with Crippen LogP contribution in [0.25, 0.3) is 11.0 Å². The number of amides is 1. The third kappa shape index (κ3) is 5.47. The van der Waals surface area contributed by atoms with Crippen molar-refractivity contribution >= 4 is 44.5 Å². The molecule has 1 aliphatic carbocycles. The zero-order valence-corrected chi connectivity index (χ0v) is 20.8. The minimum Gasteiger partial charge on any atom is -0.457 e. The number of anilines is 2. The summed E-state index contributed by atoms with van der Waals surface area (Å²) in [4.78, 5) is 21.6. The average Bonchev–Trinajstić information content (AvgIpc) is 3.16. The Kier molecular flexibility index (Phi) is 6.70. The van der Waals surface area contributed by atoms with Crippen LogP contribution >= 0.6 is 15.9 Å². The van der Waals surface area contributed by atoms with Crippen molar-refractivity contribution in [1.29, 1.82) is 0 Å². The summed E-state index contributed by atoms with van der Waals surface area (Å²) in [5, 5.41) is 16.0. The van der Waals surface area contributed by atoms with Gasteiger partial charge in [-0.2, -0.15) is 0 Å². The second-order valence-electron chi connectivity index (χ2n) is 8.73. The van der Waals surface area contributed by atoms with E-state index in [2.05, 4.69) is 31.5 Å². The van der Waals surface area contributed by atoms with Crippen LogP contribution < -0.4 is 15.4 Å². The molecule has 0 radical (unpaired) electrons. The summed E-state index contributed by atoms with van der Waals surface area (Å²) >= 11 is 3.45. The average molecular weight is 536 g/mol. The van der Waals surface area contributed by atoms with E-state index in [4.69, 9.17) is 9.72 Å². The molecule has 9 heteroatoms. The number of aromatic nitrogens is 3. The molecule has 1 fully saturated rings. The Balaban J connectivity index is 1.29. The lowest BCUT2D eigenvalue weighted by atomic mass is 9.93. The van der Waals surface area contributed by atoms with Crippen molar-refractivity contribution in [3.8, 4) is 11.5 Å². The van der Waals surface area contributed by atoms with Gasteiger partial charge in [-0.15, -0.1) is 0 Å². The Morgan fingerprint density at radius 1 is 1.06 bits per heavy atom. The van der Waals surface area contributed by atoms with Crippen LogP contribution in [0.1, 0.15) is 36.2 Å². The van der Waals surface area contributed by atoms with Crippen molar-refractivity contribution in [2.24, 2.45) is 7.05 Å². The number of aliphatic hydroxyl groups excluding tert-OH is 1. The number of benzene rings is 2. The van der Waals surface area contributed by atoms with Gasteiger partial charge in [0.15, 0.2) is 0 Å². The van der Waals surface area contributed by atoms with Gasteiger partial charge in [-0.1, -0.05) is 15.9 Å². The molecule has 0 spiro atoms. The molecule has 0 unspecified atom stereocenters. The predicted octanol–water partition coefficient (Wildman–Crippen LogP) is 5.30. The van der Waals surface area contributed by atoms with Crippen LogP contribution in [-0.4, -0.2) is 37.7 Å². The van der Waals surface area contributed by atoms with Gasteiger partial charge in [0.05, 0.1) is 17.1 Å². The molecule has 0 saturated heterocycles. The van der Waals surface area contributed by atoms with Crippen LogP contribution in [0, 0.1) is 0 Å². The second-order valence-corrected chi connectivity index (χ2v) is 9.65. The van der Waals surface area contributed by atoms with Crippen molar-refractivity contribution in [3.05, 3.63) is 71.0 Å². The van der Waals surface area contributed by atoms with E-state index < -0.39 is 0 Å². The number of aryl methyl sites for hydroxylation is 1. The Labute approximate surface area is 211 Å². The van der Waals surface area contributed by atoms with Gasteiger partial charge in [-0.25, -0.2) is 4.98 Å². The normalized spacial score (nSPS) is 17.8. The number of nitrogens with zero attached hydrogens (tertiary/aromatic N) is 3. The number of hydrogen-bond donors (Lipinski definition) is 3. The number of halogens is 1. The van der Waals surface area contributed by atoms with Crippen molar-refractivity contribution in [1.82, 2.24) is 19.9 Å². The lowest BCUT2D eigenvalue weighted by molar-refractivity contribution is 0.0863. The number of pyridine rings is 1. The topological polar surface area (TPSA) is 101 Å². The number of rotatable bonds is 6. The van der Waals surface area contributed by atoms with Gasteiger partial charge in [0.2, 0.25) is 5.95 Å². The highest BCUT2D eigenvalue weighted by Crippen LogP contribution is 2.28. The molecule has 8 nitrogen and oxygen atoms in total. The van der Waals surface area contributed by atoms with Crippen molar-refractivity contribution in [2.45, 2.75) is 37.8 Å². The smallest absolute Gasteiger partial charge is 0.270 e. The molecule has 1 saturated carbocycles. The monoisotopic (exact) mass is 535 g/mol. The van der Waals surface area contributed by atoms with Gasteiger partial charge in [0.25, 0.3) is 5.91 Å². The van der Waals surface area contributed by atoms with Gasteiger partial charge in [0.1, 0.15) is 17.2 Å². The summed E-state index contributed by atoms with van der Waals surface area (Å²) in [5.74, 6) is 1.62.